The maximum atomic E-state index is 11.7. The quantitative estimate of drug-likeness (QED) is 0.269. The van der Waals surface area contributed by atoms with Crippen molar-refractivity contribution < 1.29 is 9.72 Å². The van der Waals surface area contributed by atoms with E-state index in [-0.39, 0.29) is 23.1 Å². The fraction of sp³-hybridized carbons (Fsp3) is 0.0526. The van der Waals surface area contributed by atoms with Gasteiger partial charge in [-0.25, -0.2) is 15.0 Å². The van der Waals surface area contributed by atoms with Crippen molar-refractivity contribution in [2.45, 2.75) is 6.92 Å². The molecule has 0 aliphatic carbocycles. The first kappa shape index (κ1) is 18.4. The molecule has 0 unspecified atom stereocenters. The number of fused-ring (bicyclic) bond motifs is 1. The van der Waals surface area contributed by atoms with E-state index in [1.807, 2.05) is 24.3 Å². The Hall–Kier alpha value is -3.92. The zero-order chi connectivity index (χ0) is 20.4. The summed E-state index contributed by atoms with van der Waals surface area (Å²) in [4.78, 5) is 35.0. The van der Waals surface area contributed by atoms with E-state index in [1.165, 1.54) is 24.6 Å². The number of Topliss-reactive ketones (excluding diaryl/α,β-unsaturated/α-hetero) is 1. The molecule has 0 saturated carbocycles. The fourth-order valence-electron chi connectivity index (χ4n) is 2.69. The predicted molar refractivity (Wildman–Crippen MR) is 111 cm³/mol. The molecular weight excluding hydrogens is 392 g/mol. The second kappa shape index (κ2) is 7.60. The van der Waals surface area contributed by atoms with Gasteiger partial charge in [0.25, 0.3) is 0 Å². The summed E-state index contributed by atoms with van der Waals surface area (Å²) in [5, 5.41) is 18.0. The zero-order valence-corrected chi connectivity index (χ0v) is 15.9. The molecule has 0 aliphatic heterocycles. The summed E-state index contributed by atoms with van der Waals surface area (Å²) in [5.41, 5.74) is 1.59. The fourth-order valence-corrected chi connectivity index (χ4v) is 3.55. The number of hydrogen-bond donors (Lipinski definition) is 2. The molecule has 2 N–H and O–H groups in total. The van der Waals surface area contributed by atoms with Gasteiger partial charge >= 0.3 is 5.69 Å². The molecule has 0 amide bonds. The minimum absolute atomic E-state index is 0.0317. The van der Waals surface area contributed by atoms with Crippen LogP contribution in [0.25, 0.3) is 10.2 Å². The summed E-state index contributed by atoms with van der Waals surface area (Å²) in [7, 11) is 0. The standard InChI is InChI=1S/C19H14N6O3S/c1-11(26)12-6-8-13(9-7-12)22-17-16(25(27)28)18(21-10-20-17)24-19-23-14-4-2-3-5-15(14)29-19/h2-10H,1H3,(H2,20,21,22,23,24). The van der Waals surface area contributed by atoms with Gasteiger partial charge in [0.05, 0.1) is 15.1 Å². The largest absolute Gasteiger partial charge is 0.353 e. The number of para-hydroxylation sites is 1. The van der Waals surface area contributed by atoms with Gasteiger partial charge in [0, 0.05) is 11.3 Å². The highest BCUT2D eigenvalue weighted by Gasteiger charge is 2.24. The van der Waals surface area contributed by atoms with E-state index < -0.39 is 4.92 Å². The van der Waals surface area contributed by atoms with E-state index in [2.05, 4.69) is 25.6 Å². The highest BCUT2D eigenvalue weighted by atomic mass is 32.1. The molecule has 2 aromatic heterocycles. The third-order valence-corrected chi connectivity index (χ3v) is 5.03. The second-order valence-corrected chi connectivity index (χ2v) is 7.08. The van der Waals surface area contributed by atoms with Crippen molar-refractivity contribution in [1.82, 2.24) is 15.0 Å². The van der Waals surface area contributed by atoms with Crippen molar-refractivity contribution in [2.75, 3.05) is 10.6 Å². The molecule has 0 aliphatic rings. The van der Waals surface area contributed by atoms with E-state index in [0.29, 0.717) is 16.4 Å². The van der Waals surface area contributed by atoms with Crippen molar-refractivity contribution in [3.8, 4) is 0 Å². The molecule has 0 saturated heterocycles. The lowest BCUT2D eigenvalue weighted by atomic mass is 10.1. The average Bonchev–Trinajstić information content (AvgIpc) is 3.10. The number of benzene rings is 2. The molecule has 144 valence electrons. The van der Waals surface area contributed by atoms with Crippen LogP contribution in [0.5, 0.6) is 0 Å². The highest BCUT2D eigenvalue weighted by Crippen LogP contribution is 2.35. The van der Waals surface area contributed by atoms with E-state index >= 15 is 0 Å². The Bertz CT molecular complexity index is 1190. The summed E-state index contributed by atoms with van der Waals surface area (Å²) in [6, 6.07) is 14.1. The molecule has 2 aromatic carbocycles. The van der Waals surface area contributed by atoms with Gasteiger partial charge in [0.15, 0.2) is 10.9 Å². The van der Waals surface area contributed by atoms with Crippen LogP contribution in [0.4, 0.5) is 28.1 Å². The lowest BCUT2D eigenvalue weighted by Gasteiger charge is -2.09. The first-order valence-electron chi connectivity index (χ1n) is 8.51. The van der Waals surface area contributed by atoms with Crippen molar-refractivity contribution in [3.63, 3.8) is 0 Å². The summed E-state index contributed by atoms with van der Waals surface area (Å²) in [6.45, 7) is 1.47. The van der Waals surface area contributed by atoms with Crippen LogP contribution in [0, 0.1) is 10.1 Å². The SMILES string of the molecule is CC(=O)c1ccc(Nc2ncnc(Nc3nc4ccccc4s3)c2[N+](=O)[O-])cc1. The monoisotopic (exact) mass is 406 g/mol. The van der Waals surface area contributed by atoms with Gasteiger partial charge in [0.2, 0.25) is 11.6 Å². The normalized spacial score (nSPS) is 10.7. The van der Waals surface area contributed by atoms with Crippen LogP contribution in [0.2, 0.25) is 0 Å². The number of hydrogen-bond acceptors (Lipinski definition) is 9. The topological polar surface area (TPSA) is 123 Å². The number of carbonyl (C=O) groups is 1. The van der Waals surface area contributed by atoms with Crippen LogP contribution >= 0.6 is 11.3 Å². The number of carbonyl (C=O) groups excluding carboxylic acids is 1. The van der Waals surface area contributed by atoms with Crippen LogP contribution in [0.15, 0.2) is 54.9 Å². The molecule has 0 spiro atoms. The average molecular weight is 406 g/mol. The van der Waals surface area contributed by atoms with Crippen LogP contribution in [0.1, 0.15) is 17.3 Å². The second-order valence-electron chi connectivity index (χ2n) is 6.05. The molecular formula is C19H14N6O3S. The number of anilines is 4. The van der Waals surface area contributed by atoms with Crippen molar-refractivity contribution in [3.05, 3.63) is 70.5 Å². The van der Waals surface area contributed by atoms with Gasteiger partial charge in [-0.3, -0.25) is 14.9 Å². The Morgan fingerprint density at radius 2 is 1.72 bits per heavy atom. The Labute approximate surface area is 168 Å². The summed E-state index contributed by atoms with van der Waals surface area (Å²) >= 11 is 1.37. The lowest BCUT2D eigenvalue weighted by molar-refractivity contribution is -0.383. The van der Waals surface area contributed by atoms with Crippen LogP contribution < -0.4 is 10.6 Å². The molecule has 4 aromatic rings. The molecule has 2 heterocycles. The molecule has 0 atom stereocenters. The van der Waals surface area contributed by atoms with Gasteiger partial charge in [-0.2, -0.15) is 0 Å². The van der Waals surface area contributed by atoms with Crippen molar-refractivity contribution in [2.24, 2.45) is 0 Å². The van der Waals surface area contributed by atoms with Gasteiger partial charge in [-0.15, -0.1) is 0 Å². The van der Waals surface area contributed by atoms with Gasteiger partial charge in [0.1, 0.15) is 6.33 Å². The Kier molecular flexibility index (Phi) is 4.83. The number of nitrogens with zero attached hydrogens (tertiary/aromatic N) is 4. The summed E-state index contributed by atoms with van der Waals surface area (Å²) < 4.78 is 0.954. The number of ketones is 1. The Morgan fingerprint density at radius 1 is 1.03 bits per heavy atom. The van der Waals surface area contributed by atoms with Crippen molar-refractivity contribution in [1.29, 1.82) is 0 Å². The number of thiazole rings is 1. The molecule has 10 heteroatoms. The van der Waals surface area contributed by atoms with Crippen LogP contribution in [-0.4, -0.2) is 25.7 Å². The number of aromatic nitrogens is 3. The van der Waals surface area contributed by atoms with Crippen LogP contribution in [-0.2, 0) is 0 Å². The number of nitrogens with one attached hydrogen (secondary N) is 2. The molecule has 0 bridgehead atoms. The first-order chi connectivity index (χ1) is 14.0. The summed E-state index contributed by atoms with van der Waals surface area (Å²) in [5.74, 6) is 0.00276. The minimum Gasteiger partial charge on any atom is -0.334 e. The predicted octanol–water partition coefficient (Wildman–Crippen LogP) is 4.68. The maximum absolute atomic E-state index is 11.7. The number of nitro groups is 1. The molecule has 4 rings (SSSR count). The minimum atomic E-state index is -0.554. The lowest BCUT2D eigenvalue weighted by Crippen LogP contribution is -2.05. The molecule has 9 nitrogen and oxygen atoms in total. The molecule has 29 heavy (non-hydrogen) atoms. The zero-order valence-electron chi connectivity index (χ0n) is 15.1. The van der Waals surface area contributed by atoms with Gasteiger partial charge < -0.3 is 10.6 Å². The smallest absolute Gasteiger partial charge is 0.334 e. The Morgan fingerprint density at radius 3 is 2.38 bits per heavy atom. The van der Waals surface area contributed by atoms with Crippen LogP contribution in [0.3, 0.4) is 0 Å². The molecule has 0 fully saturated rings. The van der Waals surface area contributed by atoms with Gasteiger partial charge in [-0.1, -0.05) is 23.5 Å². The van der Waals surface area contributed by atoms with E-state index in [9.17, 15) is 14.9 Å². The first-order valence-corrected chi connectivity index (χ1v) is 9.33. The summed E-state index contributed by atoms with van der Waals surface area (Å²) in [6.07, 6.45) is 1.23. The Balaban J connectivity index is 1.66. The third-order valence-electron chi connectivity index (χ3n) is 4.08. The third kappa shape index (κ3) is 3.87. The van der Waals surface area contributed by atoms with E-state index in [0.717, 1.165) is 10.2 Å². The maximum Gasteiger partial charge on any atom is 0.353 e. The number of rotatable bonds is 6. The van der Waals surface area contributed by atoms with Gasteiger partial charge in [-0.05, 0) is 43.3 Å². The highest BCUT2D eigenvalue weighted by molar-refractivity contribution is 7.22. The van der Waals surface area contributed by atoms with E-state index in [4.69, 9.17) is 0 Å². The van der Waals surface area contributed by atoms with Crippen molar-refractivity contribution >= 4 is 55.5 Å². The van der Waals surface area contributed by atoms with E-state index in [1.54, 1.807) is 24.3 Å². The molecule has 0 radical (unpaired) electrons.